The molecule has 0 amide bonds. The van der Waals surface area contributed by atoms with Crippen LogP contribution in [-0.2, 0) is 0 Å². The fraction of sp³-hybridized carbons (Fsp3) is 0.500. The maximum Gasteiger partial charge on any atom is 0.168 e. The van der Waals surface area contributed by atoms with E-state index in [4.69, 9.17) is 0 Å². The zero-order valence-electron chi connectivity index (χ0n) is 8.42. The van der Waals surface area contributed by atoms with Gasteiger partial charge in [-0.05, 0) is 6.07 Å². The lowest BCUT2D eigenvalue weighted by atomic mass is 10.3. The fourth-order valence-electron chi connectivity index (χ4n) is 1.51. The maximum atomic E-state index is 10.6. The third-order valence-corrected chi connectivity index (χ3v) is 5.35. The Kier molecular flexibility index (Phi) is 3.64. The molecule has 3 nitrogen and oxygen atoms in total. The molecule has 5 heteroatoms. The molecule has 0 saturated carbocycles. The van der Waals surface area contributed by atoms with Gasteiger partial charge in [0.05, 0.1) is 5.25 Å². The molecule has 0 aromatic carbocycles. The third-order valence-electron chi connectivity index (χ3n) is 2.26. The molecule has 0 spiro atoms. The number of aromatic nitrogens is 2. The smallest absolute Gasteiger partial charge is 0.168 e. The quantitative estimate of drug-likeness (QED) is 0.741. The second-order valence-corrected chi connectivity index (χ2v) is 6.06. The van der Waals surface area contributed by atoms with Gasteiger partial charge in [0.2, 0.25) is 0 Å². The maximum absolute atomic E-state index is 10.6. The molecule has 0 aliphatic carbocycles. The molecule has 1 aromatic heterocycles. The van der Waals surface area contributed by atoms with Crippen molar-refractivity contribution in [2.45, 2.75) is 17.4 Å². The lowest BCUT2D eigenvalue weighted by Gasteiger charge is -2.26. The first-order valence-corrected chi connectivity index (χ1v) is 6.92. The molecule has 1 saturated heterocycles. The minimum atomic E-state index is 0.323. The SMILES string of the molecule is CC1SCCSC1c1nccc(C=O)n1. The first-order chi connectivity index (χ1) is 7.31. The van der Waals surface area contributed by atoms with Crippen molar-refractivity contribution < 1.29 is 4.79 Å². The van der Waals surface area contributed by atoms with Crippen LogP contribution in [0.1, 0.15) is 28.5 Å². The number of aldehydes is 1. The molecule has 1 aliphatic rings. The summed E-state index contributed by atoms with van der Waals surface area (Å²) in [7, 11) is 0. The molecule has 2 unspecified atom stereocenters. The van der Waals surface area contributed by atoms with Gasteiger partial charge in [-0.25, -0.2) is 9.97 Å². The van der Waals surface area contributed by atoms with Crippen molar-refractivity contribution in [2.75, 3.05) is 11.5 Å². The van der Waals surface area contributed by atoms with Crippen LogP contribution in [-0.4, -0.2) is 33.0 Å². The highest BCUT2D eigenvalue weighted by atomic mass is 32.2. The van der Waals surface area contributed by atoms with Crippen molar-refractivity contribution in [3.8, 4) is 0 Å². The van der Waals surface area contributed by atoms with E-state index >= 15 is 0 Å². The summed E-state index contributed by atoms with van der Waals surface area (Å²) in [4.78, 5) is 19.1. The van der Waals surface area contributed by atoms with Crippen molar-refractivity contribution in [1.82, 2.24) is 9.97 Å². The molecule has 0 bridgehead atoms. The summed E-state index contributed by atoms with van der Waals surface area (Å²) < 4.78 is 0. The topological polar surface area (TPSA) is 42.9 Å². The Morgan fingerprint density at radius 3 is 3.00 bits per heavy atom. The minimum absolute atomic E-state index is 0.323. The molecule has 2 heterocycles. The molecule has 2 rings (SSSR count). The van der Waals surface area contributed by atoms with Crippen LogP contribution in [0.3, 0.4) is 0 Å². The Balaban J connectivity index is 2.23. The summed E-state index contributed by atoms with van der Waals surface area (Å²) in [5, 5.41) is 0.842. The van der Waals surface area contributed by atoms with E-state index in [2.05, 4.69) is 16.9 Å². The van der Waals surface area contributed by atoms with Crippen molar-refractivity contribution in [3.63, 3.8) is 0 Å². The highest BCUT2D eigenvalue weighted by Gasteiger charge is 2.26. The van der Waals surface area contributed by atoms with E-state index in [1.54, 1.807) is 12.3 Å². The lowest BCUT2D eigenvalue weighted by Crippen LogP contribution is -2.18. The number of hydrogen-bond donors (Lipinski definition) is 0. The number of thioether (sulfide) groups is 2. The second-order valence-electron chi connectivity index (χ2n) is 3.32. The average molecular weight is 240 g/mol. The van der Waals surface area contributed by atoms with Gasteiger partial charge in [0.25, 0.3) is 0 Å². The molecule has 15 heavy (non-hydrogen) atoms. The number of rotatable bonds is 2. The van der Waals surface area contributed by atoms with Crippen LogP contribution in [0.25, 0.3) is 0 Å². The standard InChI is InChI=1S/C10H12N2OS2/c1-7-9(15-5-4-14-7)10-11-3-2-8(6-13)12-10/h2-3,6-7,9H,4-5H2,1H3. The van der Waals surface area contributed by atoms with Crippen LogP contribution in [0.15, 0.2) is 12.3 Å². The first kappa shape index (κ1) is 11.0. The highest BCUT2D eigenvalue weighted by molar-refractivity contribution is 8.06. The van der Waals surface area contributed by atoms with Gasteiger partial charge in [0.1, 0.15) is 11.5 Å². The molecule has 1 aromatic rings. The van der Waals surface area contributed by atoms with E-state index in [0.29, 0.717) is 16.2 Å². The summed E-state index contributed by atoms with van der Waals surface area (Å²) >= 11 is 3.83. The fourth-order valence-corrected chi connectivity index (χ4v) is 4.20. The van der Waals surface area contributed by atoms with Gasteiger partial charge in [-0.3, -0.25) is 4.79 Å². The zero-order chi connectivity index (χ0) is 10.7. The number of nitrogens with zero attached hydrogens (tertiary/aromatic N) is 2. The lowest BCUT2D eigenvalue weighted by molar-refractivity contribution is 0.111. The molecule has 2 atom stereocenters. The number of carbonyl (C=O) groups is 1. The molecular formula is C10H12N2OS2. The van der Waals surface area contributed by atoms with Gasteiger partial charge >= 0.3 is 0 Å². The normalized spacial score (nSPS) is 26.2. The van der Waals surface area contributed by atoms with Gasteiger partial charge in [-0.2, -0.15) is 11.8 Å². The predicted molar refractivity (Wildman–Crippen MR) is 64.5 cm³/mol. The Labute approximate surface area is 97.5 Å². The molecule has 1 aliphatic heterocycles. The van der Waals surface area contributed by atoms with Crippen LogP contribution in [0.2, 0.25) is 0 Å². The van der Waals surface area contributed by atoms with Crippen LogP contribution < -0.4 is 0 Å². The van der Waals surface area contributed by atoms with Gasteiger partial charge in [-0.15, -0.1) is 11.8 Å². The van der Waals surface area contributed by atoms with E-state index in [9.17, 15) is 4.79 Å². The van der Waals surface area contributed by atoms with E-state index in [0.717, 1.165) is 17.9 Å². The molecule has 80 valence electrons. The second kappa shape index (κ2) is 4.99. The van der Waals surface area contributed by atoms with Crippen molar-refractivity contribution in [3.05, 3.63) is 23.8 Å². The summed E-state index contributed by atoms with van der Waals surface area (Å²) in [6, 6.07) is 1.64. The largest absolute Gasteiger partial charge is 0.296 e. The van der Waals surface area contributed by atoms with E-state index in [1.165, 1.54) is 5.75 Å². The van der Waals surface area contributed by atoms with Crippen LogP contribution in [0.5, 0.6) is 0 Å². The van der Waals surface area contributed by atoms with Crippen molar-refractivity contribution >= 4 is 29.8 Å². The number of carbonyl (C=O) groups excluding carboxylic acids is 1. The first-order valence-electron chi connectivity index (χ1n) is 4.82. The van der Waals surface area contributed by atoms with Gasteiger partial charge < -0.3 is 0 Å². The summed E-state index contributed by atoms with van der Waals surface area (Å²) in [6.45, 7) is 2.19. The third kappa shape index (κ3) is 2.52. The van der Waals surface area contributed by atoms with Crippen LogP contribution >= 0.6 is 23.5 Å². The molecular weight excluding hydrogens is 228 g/mol. The van der Waals surface area contributed by atoms with Crippen LogP contribution in [0, 0.1) is 0 Å². The summed E-state index contributed by atoms with van der Waals surface area (Å²) in [5.41, 5.74) is 0.475. The Bertz CT molecular complexity index is 359. The van der Waals surface area contributed by atoms with E-state index < -0.39 is 0 Å². The van der Waals surface area contributed by atoms with E-state index in [-0.39, 0.29) is 0 Å². The van der Waals surface area contributed by atoms with E-state index in [1.807, 2.05) is 23.5 Å². The molecule has 0 radical (unpaired) electrons. The Morgan fingerprint density at radius 1 is 1.47 bits per heavy atom. The Hall–Kier alpha value is -0.550. The van der Waals surface area contributed by atoms with Gasteiger partial charge in [0, 0.05) is 23.0 Å². The highest BCUT2D eigenvalue weighted by Crippen LogP contribution is 2.40. The predicted octanol–water partition coefficient (Wildman–Crippen LogP) is 2.20. The summed E-state index contributed by atoms with van der Waals surface area (Å²) in [6.07, 6.45) is 2.44. The molecule has 1 fully saturated rings. The Morgan fingerprint density at radius 2 is 2.27 bits per heavy atom. The monoisotopic (exact) mass is 240 g/mol. The average Bonchev–Trinajstić information content (AvgIpc) is 2.30. The van der Waals surface area contributed by atoms with Crippen molar-refractivity contribution in [1.29, 1.82) is 0 Å². The van der Waals surface area contributed by atoms with Gasteiger partial charge in [-0.1, -0.05) is 6.92 Å². The zero-order valence-corrected chi connectivity index (χ0v) is 10.1. The van der Waals surface area contributed by atoms with Crippen molar-refractivity contribution in [2.24, 2.45) is 0 Å². The molecule has 0 N–H and O–H groups in total. The minimum Gasteiger partial charge on any atom is -0.296 e. The summed E-state index contributed by atoms with van der Waals surface area (Å²) in [5.74, 6) is 3.12. The number of hydrogen-bond acceptors (Lipinski definition) is 5. The van der Waals surface area contributed by atoms with Crippen LogP contribution in [0.4, 0.5) is 0 Å². The van der Waals surface area contributed by atoms with Gasteiger partial charge in [0.15, 0.2) is 6.29 Å².